The molecule has 3 rings (SSSR count). The van der Waals surface area contributed by atoms with Crippen molar-refractivity contribution in [2.75, 3.05) is 10.7 Å². The molecule has 0 aromatic heterocycles. The van der Waals surface area contributed by atoms with E-state index in [1.165, 1.54) is 0 Å². The molecule has 0 unspecified atom stereocenters. The average Bonchev–Trinajstić information content (AvgIpc) is 2.85. The van der Waals surface area contributed by atoms with Crippen LogP contribution in [0.5, 0.6) is 0 Å². The van der Waals surface area contributed by atoms with Crippen LogP contribution in [0.2, 0.25) is 15.1 Å². The normalized spacial score (nSPS) is 18.3. The molecule has 2 aromatic carbocycles. The summed E-state index contributed by atoms with van der Waals surface area (Å²) in [6.07, 6.45) is 0. The maximum Gasteiger partial charge on any atom is 0.238 e. The number of hydrogen-bond donors (Lipinski definition) is 0. The number of carbonyl (C=O) groups is 1. The molecule has 1 saturated heterocycles. The van der Waals surface area contributed by atoms with Crippen molar-refractivity contribution in [3.63, 3.8) is 0 Å². The van der Waals surface area contributed by atoms with Crippen LogP contribution in [-0.2, 0) is 4.79 Å². The largest absolute Gasteiger partial charge is 0.295 e. The van der Waals surface area contributed by atoms with E-state index in [0.29, 0.717) is 20.8 Å². The Labute approximate surface area is 142 Å². The van der Waals surface area contributed by atoms with E-state index in [1.54, 1.807) is 34.9 Å². The third kappa shape index (κ3) is 3.02. The lowest BCUT2D eigenvalue weighted by Crippen LogP contribution is -2.27. The van der Waals surface area contributed by atoms with Crippen molar-refractivity contribution in [2.45, 2.75) is 5.37 Å². The van der Waals surface area contributed by atoms with Crippen molar-refractivity contribution in [3.8, 4) is 0 Å². The molecule has 1 amide bonds. The van der Waals surface area contributed by atoms with Gasteiger partial charge in [0.25, 0.3) is 0 Å². The Kier molecular flexibility index (Phi) is 4.36. The zero-order chi connectivity index (χ0) is 15.0. The number of amides is 1. The molecule has 1 fully saturated rings. The first-order valence-electron chi connectivity index (χ1n) is 6.20. The third-order valence-electron chi connectivity index (χ3n) is 3.20. The summed E-state index contributed by atoms with van der Waals surface area (Å²) in [4.78, 5) is 14.0. The Bertz CT molecular complexity index is 690. The molecule has 108 valence electrons. The monoisotopic (exact) mass is 357 g/mol. The van der Waals surface area contributed by atoms with E-state index in [2.05, 4.69) is 0 Å². The first kappa shape index (κ1) is 15.0. The molecule has 1 aliphatic heterocycles. The van der Waals surface area contributed by atoms with Crippen molar-refractivity contribution in [3.05, 3.63) is 63.1 Å². The Morgan fingerprint density at radius 3 is 2.38 bits per heavy atom. The highest BCUT2D eigenvalue weighted by Gasteiger charge is 2.34. The van der Waals surface area contributed by atoms with Gasteiger partial charge in [-0.3, -0.25) is 9.69 Å². The molecule has 0 bridgehead atoms. The molecule has 6 heteroatoms. The number of carbonyl (C=O) groups excluding carboxylic acids is 1. The minimum Gasteiger partial charge on any atom is -0.295 e. The van der Waals surface area contributed by atoms with Gasteiger partial charge in [-0.25, -0.2) is 0 Å². The van der Waals surface area contributed by atoms with Gasteiger partial charge >= 0.3 is 0 Å². The highest BCUT2D eigenvalue weighted by Crippen LogP contribution is 2.43. The van der Waals surface area contributed by atoms with Gasteiger partial charge in [0.2, 0.25) is 5.91 Å². The number of anilines is 1. The lowest BCUT2D eigenvalue weighted by molar-refractivity contribution is -0.115. The van der Waals surface area contributed by atoms with Gasteiger partial charge in [0, 0.05) is 10.7 Å². The molecule has 0 aliphatic carbocycles. The van der Waals surface area contributed by atoms with Crippen LogP contribution in [-0.4, -0.2) is 11.7 Å². The number of halogens is 3. The van der Waals surface area contributed by atoms with E-state index >= 15 is 0 Å². The van der Waals surface area contributed by atoms with E-state index in [4.69, 9.17) is 34.8 Å². The van der Waals surface area contributed by atoms with Crippen molar-refractivity contribution in [2.24, 2.45) is 0 Å². The first-order valence-corrected chi connectivity index (χ1v) is 8.39. The van der Waals surface area contributed by atoms with Crippen LogP contribution in [0.1, 0.15) is 10.9 Å². The quantitative estimate of drug-likeness (QED) is 0.714. The highest BCUT2D eigenvalue weighted by molar-refractivity contribution is 8.00. The van der Waals surface area contributed by atoms with Crippen LogP contribution in [0.25, 0.3) is 0 Å². The van der Waals surface area contributed by atoms with Gasteiger partial charge in [-0.15, -0.1) is 11.8 Å². The molecule has 21 heavy (non-hydrogen) atoms. The number of benzene rings is 2. The summed E-state index contributed by atoms with van der Waals surface area (Å²) < 4.78 is 0. The van der Waals surface area contributed by atoms with E-state index in [1.807, 2.05) is 24.3 Å². The van der Waals surface area contributed by atoms with Gasteiger partial charge in [-0.05, 0) is 35.9 Å². The predicted molar refractivity (Wildman–Crippen MR) is 90.6 cm³/mol. The third-order valence-corrected chi connectivity index (χ3v) is 5.41. The van der Waals surface area contributed by atoms with Crippen LogP contribution < -0.4 is 4.90 Å². The molecule has 1 atom stereocenters. The van der Waals surface area contributed by atoms with Crippen molar-refractivity contribution >= 4 is 58.2 Å². The summed E-state index contributed by atoms with van der Waals surface area (Å²) in [7, 11) is 0. The van der Waals surface area contributed by atoms with Crippen LogP contribution in [0.4, 0.5) is 5.69 Å². The zero-order valence-corrected chi connectivity index (χ0v) is 13.8. The van der Waals surface area contributed by atoms with Crippen LogP contribution in [0, 0.1) is 0 Å². The Morgan fingerprint density at radius 1 is 1.00 bits per heavy atom. The van der Waals surface area contributed by atoms with Crippen molar-refractivity contribution in [1.29, 1.82) is 0 Å². The molecule has 0 saturated carbocycles. The fourth-order valence-corrected chi connectivity index (χ4v) is 3.81. The van der Waals surface area contributed by atoms with Crippen LogP contribution in [0.15, 0.2) is 42.5 Å². The second-order valence-electron chi connectivity index (χ2n) is 4.58. The fourth-order valence-electron chi connectivity index (χ4n) is 2.21. The lowest BCUT2D eigenvalue weighted by atomic mass is 10.2. The molecule has 0 radical (unpaired) electrons. The number of rotatable bonds is 2. The average molecular weight is 359 g/mol. The minimum atomic E-state index is -0.0768. The van der Waals surface area contributed by atoms with E-state index in [9.17, 15) is 4.79 Å². The maximum absolute atomic E-state index is 12.2. The van der Waals surface area contributed by atoms with E-state index < -0.39 is 0 Å². The highest BCUT2D eigenvalue weighted by atomic mass is 35.5. The number of thioether (sulfide) groups is 1. The zero-order valence-electron chi connectivity index (χ0n) is 10.7. The molecule has 1 aliphatic rings. The number of nitrogens with zero attached hydrogens (tertiary/aromatic N) is 1. The summed E-state index contributed by atoms with van der Waals surface area (Å²) >= 11 is 19.5. The molecule has 1 heterocycles. The van der Waals surface area contributed by atoms with Gasteiger partial charge in [-0.2, -0.15) is 0 Å². The fraction of sp³-hybridized carbons (Fsp3) is 0.133. The lowest BCUT2D eigenvalue weighted by Gasteiger charge is -2.24. The molecular formula is C15H10Cl3NOS. The summed E-state index contributed by atoms with van der Waals surface area (Å²) in [5.74, 6) is 0.492. The van der Waals surface area contributed by atoms with Gasteiger partial charge in [-0.1, -0.05) is 46.9 Å². The smallest absolute Gasteiger partial charge is 0.238 e. The van der Waals surface area contributed by atoms with E-state index in [0.717, 1.165) is 11.3 Å². The van der Waals surface area contributed by atoms with Crippen LogP contribution >= 0.6 is 46.6 Å². The molecular weight excluding hydrogens is 349 g/mol. The minimum absolute atomic E-state index is 0.0540. The van der Waals surface area contributed by atoms with Gasteiger partial charge in [0.05, 0.1) is 15.8 Å². The summed E-state index contributed by atoms with van der Waals surface area (Å²) in [6, 6.07) is 12.7. The number of hydrogen-bond acceptors (Lipinski definition) is 2. The summed E-state index contributed by atoms with van der Waals surface area (Å²) in [5.41, 5.74) is 1.78. The molecule has 0 spiro atoms. The Hall–Kier alpha value is -0.870. The summed E-state index contributed by atoms with van der Waals surface area (Å²) in [6.45, 7) is 0. The van der Waals surface area contributed by atoms with Gasteiger partial charge in [0.15, 0.2) is 0 Å². The predicted octanol–water partition coefficient (Wildman–Crippen LogP) is 5.43. The van der Waals surface area contributed by atoms with E-state index in [-0.39, 0.29) is 11.3 Å². The Balaban J connectivity index is 1.99. The van der Waals surface area contributed by atoms with Crippen molar-refractivity contribution in [1.82, 2.24) is 0 Å². The molecule has 2 aromatic rings. The van der Waals surface area contributed by atoms with Gasteiger partial charge in [0.1, 0.15) is 5.37 Å². The second-order valence-corrected chi connectivity index (χ2v) is 6.90. The Morgan fingerprint density at radius 2 is 1.71 bits per heavy atom. The standard InChI is InChI=1S/C15H10Cl3NOS/c16-10-3-1-9(2-4-10)15-19(14(20)8-21-15)11-5-6-12(17)13(18)7-11/h1-7,15H,8H2/t15-/m0/s1. The van der Waals surface area contributed by atoms with Crippen molar-refractivity contribution < 1.29 is 4.79 Å². The SMILES string of the molecule is O=C1CS[C@@H](c2ccc(Cl)cc2)N1c1ccc(Cl)c(Cl)c1. The maximum atomic E-state index is 12.2. The van der Waals surface area contributed by atoms with Crippen LogP contribution in [0.3, 0.4) is 0 Å². The first-order chi connectivity index (χ1) is 10.1. The summed E-state index contributed by atoms with van der Waals surface area (Å²) in [5, 5.41) is 1.51. The van der Waals surface area contributed by atoms with Gasteiger partial charge < -0.3 is 0 Å². The topological polar surface area (TPSA) is 20.3 Å². The second kappa shape index (κ2) is 6.09. The molecule has 0 N–H and O–H groups in total. The molecule has 2 nitrogen and oxygen atoms in total.